The molecule has 0 saturated heterocycles. The normalized spacial score (nSPS) is 10.1. The smallest absolute Gasteiger partial charge is 0.159 e. The first-order chi connectivity index (χ1) is 9.31. The Balaban J connectivity index is 3.25. The van der Waals surface area contributed by atoms with Crippen LogP contribution in [0.25, 0.3) is 0 Å². The third-order valence-electron chi connectivity index (χ3n) is 3.13. The van der Waals surface area contributed by atoms with Gasteiger partial charge in [0.25, 0.3) is 0 Å². The van der Waals surface area contributed by atoms with E-state index in [-0.39, 0.29) is 5.78 Å². The Bertz CT molecular complexity index is 514. The molecule has 0 aliphatic rings. The number of phenols is 1. The maximum atomic E-state index is 11.6. The summed E-state index contributed by atoms with van der Waals surface area (Å²) in [6.45, 7) is 9.65. The van der Waals surface area contributed by atoms with E-state index in [1.807, 2.05) is 27.7 Å². The average Bonchev–Trinajstić information content (AvgIpc) is 2.35. The van der Waals surface area contributed by atoms with Crippen molar-refractivity contribution in [3.8, 4) is 5.75 Å². The summed E-state index contributed by atoms with van der Waals surface area (Å²) in [5.41, 5.74) is 4.69. The second-order valence-corrected chi connectivity index (χ2v) is 5.67. The summed E-state index contributed by atoms with van der Waals surface area (Å²) in [6.07, 6.45) is 5.42. The van der Waals surface area contributed by atoms with E-state index in [2.05, 4.69) is 12.2 Å². The largest absolute Gasteiger partial charge is 0.507 e. The highest BCUT2D eigenvalue weighted by Gasteiger charge is 2.11. The predicted molar refractivity (Wildman–Crippen MR) is 84.4 cm³/mol. The second kappa shape index (κ2) is 7.09. The molecule has 0 radical (unpaired) electrons. The van der Waals surface area contributed by atoms with E-state index >= 15 is 0 Å². The highest BCUT2D eigenvalue weighted by Crippen LogP contribution is 2.27. The SMILES string of the molecule is CC(=O)c1cc(CC=C(C)C)c(O)c(CC=C(C)C)c1. The lowest BCUT2D eigenvalue weighted by Gasteiger charge is -2.10. The lowest BCUT2D eigenvalue weighted by atomic mass is 9.97. The zero-order valence-corrected chi connectivity index (χ0v) is 13.1. The van der Waals surface area contributed by atoms with Crippen molar-refractivity contribution in [1.29, 1.82) is 0 Å². The number of Topliss-reactive ketones (excluding diaryl/α,β-unsaturated/α-hetero) is 1. The van der Waals surface area contributed by atoms with Crippen LogP contribution in [0.15, 0.2) is 35.4 Å². The molecular weight excluding hydrogens is 248 g/mol. The van der Waals surface area contributed by atoms with E-state index in [0.717, 1.165) is 11.1 Å². The molecule has 1 aromatic rings. The van der Waals surface area contributed by atoms with Crippen LogP contribution in [-0.4, -0.2) is 10.9 Å². The molecule has 2 nitrogen and oxygen atoms in total. The van der Waals surface area contributed by atoms with Crippen molar-refractivity contribution in [2.24, 2.45) is 0 Å². The molecule has 0 bridgehead atoms. The molecule has 0 aromatic heterocycles. The van der Waals surface area contributed by atoms with Crippen LogP contribution in [0.3, 0.4) is 0 Å². The molecule has 1 aromatic carbocycles. The monoisotopic (exact) mass is 272 g/mol. The minimum absolute atomic E-state index is 0.0295. The first-order valence-corrected chi connectivity index (χ1v) is 6.93. The van der Waals surface area contributed by atoms with Crippen LogP contribution < -0.4 is 0 Å². The van der Waals surface area contributed by atoms with E-state index in [1.165, 1.54) is 11.1 Å². The fourth-order valence-corrected chi connectivity index (χ4v) is 1.90. The Hall–Kier alpha value is -1.83. The Morgan fingerprint density at radius 3 is 1.65 bits per heavy atom. The zero-order valence-electron chi connectivity index (χ0n) is 13.1. The van der Waals surface area contributed by atoms with Crippen LogP contribution in [0.5, 0.6) is 5.75 Å². The van der Waals surface area contributed by atoms with Crippen molar-refractivity contribution in [3.05, 3.63) is 52.1 Å². The van der Waals surface area contributed by atoms with Crippen LogP contribution in [0.4, 0.5) is 0 Å². The lowest BCUT2D eigenvalue weighted by molar-refractivity contribution is 0.101. The zero-order chi connectivity index (χ0) is 15.3. The van der Waals surface area contributed by atoms with Gasteiger partial charge in [-0.25, -0.2) is 0 Å². The fourth-order valence-electron chi connectivity index (χ4n) is 1.90. The van der Waals surface area contributed by atoms with Crippen LogP contribution in [-0.2, 0) is 12.8 Å². The van der Waals surface area contributed by atoms with Gasteiger partial charge in [0.15, 0.2) is 5.78 Å². The summed E-state index contributed by atoms with van der Waals surface area (Å²) in [5.74, 6) is 0.340. The second-order valence-electron chi connectivity index (χ2n) is 5.67. The van der Waals surface area contributed by atoms with Crippen LogP contribution in [0.2, 0.25) is 0 Å². The number of hydrogen-bond acceptors (Lipinski definition) is 2. The van der Waals surface area contributed by atoms with E-state index < -0.39 is 0 Å². The number of carbonyl (C=O) groups is 1. The van der Waals surface area contributed by atoms with Crippen molar-refractivity contribution < 1.29 is 9.90 Å². The van der Waals surface area contributed by atoms with Gasteiger partial charge in [0.2, 0.25) is 0 Å². The summed E-state index contributed by atoms with van der Waals surface area (Å²) in [4.78, 5) is 11.6. The molecule has 0 unspecified atom stereocenters. The summed E-state index contributed by atoms with van der Waals surface area (Å²) in [6, 6.07) is 3.59. The van der Waals surface area contributed by atoms with E-state index in [1.54, 1.807) is 19.1 Å². The maximum Gasteiger partial charge on any atom is 0.159 e. The number of aromatic hydroxyl groups is 1. The first kappa shape index (κ1) is 16.2. The quantitative estimate of drug-likeness (QED) is 0.627. The summed E-state index contributed by atoms with van der Waals surface area (Å²) in [7, 11) is 0. The Kier molecular flexibility index (Phi) is 5.75. The minimum atomic E-state index is 0.0295. The van der Waals surface area contributed by atoms with Crippen LogP contribution >= 0.6 is 0 Å². The Morgan fingerprint density at radius 2 is 1.35 bits per heavy atom. The number of carbonyl (C=O) groups excluding carboxylic acids is 1. The van der Waals surface area contributed by atoms with Gasteiger partial charge in [-0.1, -0.05) is 23.3 Å². The molecule has 0 saturated carbocycles. The van der Waals surface area contributed by atoms with Crippen LogP contribution in [0, 0.1) is 0 Å². The predicted octanol–water partition coefficient (Wildman–Crippen LogP) is 4.61. The topological polar surface area (TPSA) is 37.3 Å². The van der Waals surface area contributed by atoms with Gasteiger partial charge >= 0.3 is 0 Å². The van der Waals surface area contributed by atoms with Gasteiger partial charge in [-0.05, 0) is 70.7 Å². The van der Waals surface area contributed by atoms with Gasteiger partial charge in [-0.15, -0.1) is 0 Å². The van der Waals surface area contributed by atoms with Gasteiger partial charge in [-0.3, -0.25) is 4.79 Å². The number of rotatable bonds is 5. The molecule has 2 heteroatoms. The van der Waals surface area contributed by atoms with Gasteiger partial charge in [0, 0.05) is 5.56 Å². The third-order valence-corrected chi connectivity index (χ3v) is 3.13. The van der Waals surface area contributed by atoms with Crippen molar-refractivity contribution >= 4 is 5.78 Å². The van der Waals surface area contributed by atoms with Crippen molar-refractivity contribution in [3.63, 3.8) is 0 Å². The number of phenolic OH excluding ortho intramolecular Hbond substituents is 1. The van der Waals surface area contributed by atoms with Crippen LogP contribution in [0.1, 0.15) is 56.1 Å². The molecule has 0 fully saturated rings. The van der Waals surface area contributed by atoms with Gasteiger partial charge < -0.3 is 5.11 Å². The Morgan fingerprint density at radius 1 is 0.950 bits per heavy atom. The molecule has 0 atom stereocenters. The van der Waals surface area contributed by atoms with Gasteiger partial charge in [0.05, 0.1) is 0 Å². The van der Waals surface area contributed by atoms with Gasteiger partial charge in [-0.2, -0.15) is 0 Å². The number of ketones is 1. The number of benzene rings is 1. The highest BCUT2D eigenvalue weighted by molar-refractivity contribution is 5.94. The first-order valence-electron chi connectivity index (χ1n) is 6.93. The van der Waals surface area contributed by atoms with E-state index in [4.69, 9.17) is 0 Å². The van der Waals surface area contributed by atoms with Crippen molar-refractivity contribution in [1.82, 2.24) is 0 Å². The van der Waals surface area contributed by atoms with E-state index in [0.29, 0.717) is 24.2 Å². The molecule has 1 rings (SSSR count). The molecule has 1 N–H and O–H groups in total. The van der Waals surface area contributed by atoms with E-state index in [9.17, 15) is 9.90 Å². The molecule has 108 valence electrons. The minimum Gasteiger partial charge on any atom is -0.507 e. The standard InChI is InChI=1S/C18H24O2/c1-12(2)6-8-15-10-17(14(5)19)11-16(18(15)20)9-7-13(3)4/h6-7,10-11,20H,8-9H2,1-5H3. The van der Waals surface area contributed by atoms with Gasteiger partial charge in [0.1, 0.15) is 5.75 Å². The molecule has 0 aliphatic heterocycles. The lowest BCUT2D eigenvalue weighted by Crippen LogP contribution is -1.98. The molecule has 0 spiro atoms. The third kappa shape index (κ3) is 4.69. The Labute approximate surface area is 121 Å². The number of hydrogen-bond donors (Lipinski definition) is 1. The van der Waals surface area contributed by atoms with Crippen molar-refractivity contribution in [2.45, 2.75) is 47.5 Å². The molecule has 20 heavy (non-hydrogen) atoms. The maximum absolute atomic E-state index is 11.6. The fraction of sp³-hybridized carbons (Fsp3) is 0.389. The average molecular weight is 272 g/mol. The summed E-state index contributed by atoms with van der Waals surface area (Å²) < 4.78 is 0. The highest BCUT2D eigenvalue weighted by atomic mass is 16.3. The van der Waals surface area contributed by atoms with Crippen molar-refractivity contribution in [2.75, 3.05) is 0 Å². The molecule has 0 heterocycles. The summed E-state index contributed by atoms with van der Waals surface area (Å²) >= 11 is 0. The summed E-state index contributed by atoms with van der Waals surface area (Å²) in [5, 5.41) is 10.4. The molecular formula is C18H24O2. The molecule has 0 aliphatic carbocycles. The number of allylic oxidation sites excluding steroid dienone is 4. The molecule has 0 amide bonds.